The first-order valence-electron chi connectivity index (χ1n) is 8.85. The zero-order valence-electron chi connectivity index (χ0n) is 16.0. The van der Waals surface area contributed by atoms with Crippen LogP contribution in [0.2, 0.25) is 5.02 Å². The molecule has 30 heavy (non-hydrogen) atoms. The summed E-state index contributed by atoms with van der Waals surface area (Å²) in [6, 6.07) is 12.8. The number of esters is 1. The Morgan fingerprint density at radius 2 is 1.90 bits per heavy atom. The number of halogens is 1. The molecule has 3 aromatic rings. The Kier molecular flexibility index (Phi) is 5.20. The van der Waals surface area contributed by atoms with Gasteiger partial charge in [0.1, 0.15) is 17.5 Å². The molecule has 1 atom stereocenters. The van der Waals surface area contributed by atoms with E-state index in [0.717, 1.165) is 0 Å². The molecule has 0 spiro atoms. The van der Waals surface area contributed by atoms with Gasteiger partial charge in [-0.2, -0.15) is 4.68 Å². The zero-order chi connectivity index (χ0) is 21.3. The van der Waals surface area contributed by atoms with Gasteiger partial charge in [-0.05, 0) is 40.3 Å². The van der Waals surface area contributed by atoms with Crippen molar-refractivity contribution in [3.05, 3.63) is 76.0 Å². The third-order valence-electron chi connectivity index (χ3n) is 4.67. The van der Waals surface area contributed by atoms with Crippen LogP contribution in [-0.4, -0.2) is 46.2 Å². The van der Waals surface area contributed by atoms with Crippen molar-refractivity contribution in [1.82, 2.24) is 20.2 Å². The van der Waals surface area contributed by atoms with E-state index in [9.17, 15) is 9.59 Å². The van der Waals surface area contributed by atoms with Crippen molar-refractivity contribution in [1.29, 1.82) is 0 Å². The molecule has 0 saturated carbocycles. The summed E-state index contributed by atoms with van der Waals surface area (Å²) in [5.74, 6) is -0.397. The molecule has 0 radical (unpaired) electrons. The van der Waals surface area contributed by atoms with E-state index in [1.807, 2.05) is 0 Å². The summed E-state index contributed by atoms with van der Waals surface area (Å²) in [6.45, 7) is 0. The maximum Gasteiger partial charge on any atom is 0.355 e. The summed E-state index contributed by atoms with van der Waals surface area (Å²) in [7, 11) is 2.74. The van der Waals surface area contributed by atoms with E-state index in [1.165, 1.54) is 18.9 Å². The SMILES string of the molecule is COC(=O)C1=C(C(=O)c2cccc(OC)c2)[C@@H](c2ccc(Cl)cc2)n2nnnc2N1. The fraction of sp³-hybridized carbons (Fsp3) is 0.150. The summed E-state index contributed by atoms with van der Waals surface area (Å²) in [4.78, 5) is 26.2. The first kappa shape index (κ1) is 19.6. The summed E-state index contributed by atoms with van der Waals surface area (Å²) < 4.78 is 11.6. The minimum Gasteiger partial charge on any atom is -0.497 e. The van der Waals surface area contributed by atoms with Gasteiger partial charge in [-0.1, -0.05) is 41.0 Å². The molecule has 0 fully saturated rings. The molecule has 9 nitrogen and oxygen atoms in total. The summed E-state index contributed by atoms with van der Waals surface area (Å²) in [5, 5.41) is 14.9. The maximum absolute atomic E-state index is 13.6. The molecule has 1 N–H and O–H groups in total. The third-order valence-corrected chi connectivity index (χ3v) is 4.92. The lowest BCUT2D eigenvalue weighted by atomic mass is 9.89. The van der Waals surface area contributed by atoms with Gasteiger partial charge in [0.2, 0.25) is 5.95 Å². The van der Waals surface area contributed by atoms with Crippen LogP contribution in [0.3, 0.4) is 0 Å². The largest absolute Gasteiger partial charge is 0.497 e. The third kappa shape index (κ3) is 3.39. The van der Waals surface area contributed by atoms with Crippen LogP contribution in [0.5, 0.6) is 5.75 Å². The topological polar surface area (TPSA) is 108 Å². The van der Waals surface area contributed by atoms with Gasteiger partial charge in [-0.3, -0.25) is 4.79 Å². The highest BCUT2D eigenvalue weighted by molar-refractivity contribution is 6.30. The number of hydrogen-bond donors (Lipinski definition) is 1. The van der Waals surface area contributed by atoms with Crippen LogP contribution in [0.1, 0.15) is 22.0 Å². The number of tetrazole rings is 1. The fourth-order valence-electron chi connectivity index (χ4n) is 3.26. The standard InChI is InChI=1S/C20H16ClN5O4/c1-29-14-5-3-4-12(10-14)18(27)15-16(19(28)30-2)22-20-23-24-25-26(20)17(15)11-6-8-13(21)9-7-11/h3-10,17H,1-2H3,(H,22,23,25)/t17-/m1/s1. The van der Waals surface area contributed by atoms with Crippen molar-refractivity contribution in [2.75, 3.05) is 19.5 Å². The lowest BCUT2D eigenvalue weighted by molar-refractivity contribution is -0.136. The van der Waals surface area contributed by atoms with E-state index in [0.29, 0.717) is 21.9 Å². The van der Waals surface area contributed by atoms with Crippen LogP contribution < -0.4 is 10.1 Å². The van der Waals surface area contributed by atoms with E-state index in [2.05, 4.69) is 20.8 Å². The highest BCUT2D eigenvalue weighted by Gasteiger charge is 2.38. The second-order valence-corrected chi connectivity index (χ2v) is 6.80. The second kappa shape index (κ2) is 7.96. The van der Waals surface area contributed by atoms with Crippen LogP contribution in [0.4, 0.5) is 5.95 Å². The van der Waals surface area contributed by atoms with Crippen LogP contribution in [0, 0.1) is 0 Å². The molecule has 0 aliphatic carbocycles. The van der Waals surface area contributed by atoms with Gasteiger partial charge in [-0.15, -0.1) is 0 Å². The summed E-state index contributed by atoms with van der Waals surface area (Å²) in [5.41, 5.74) is 1.11. The van der Waals surface area contributed by atoms with Crippen LogP contribution in [0.15, 0.2) is 59.8 Å². The molecule has 0 saturated heterocycles. The number of carbonyl (C=O) groups is 2. The number of methoxy groups -OCH3 is 2. The number of nitrogens with one attached hydrogen (secondary N) is 1. The predicted octanol–water partition coefficient (Wildman–Crippen LogP) is 2.66. The first-order valence-corrected chi connectivity index (χ1v) is 9.23. The number of ketones is 1. The number of anilines is 1. The van der Waals surface area contributed by atoms with Crippen LogP contribution in [-0.2, 0) is 9.53 Å². The molecule has 2 aromatic carbocycles. The summed E-state index contributed by atoms with van der Waals surface area (Å²) >= 11 is 6.03. The molecule has 152 valence electrons. The Morgan fingerprint density at radius 1 is 1.13 bits per heavy atom. The number of allylic oxidation sites excluding steroid dienone is 1. The van der Waals surface area contributed by atoms with Crippen LogP contribution in [0.25, 0.3) is 0 Å². The van der Waals surface area contributed by atoms with E-state index >= 15 is 0 Å². The lowest BCUT2D eigenvalue weighted by Crippen LogP contribution is -2.32. The molecular weight excluding hydrogens is 410 g/mol. The van der Waals surface area contributed by atoms with E-state index in [4.69, 9.17) is 21.1 Å². The van der Waals surface area contributed by atoms with E-state index in [-0.39, 0.29) is 17.2 Å². The number of hydrogen-bond acceptors (Lipinski definition) is 8. The number of carbonyl (C=O) groups excluding carboxylic acids is 2. The molecule has 1 aromatic heterocycles. The molecule has 1 aliphatic heterocycles. The Morgan fingerprint density at radius 3 is 2.60 bits per heavy atom. The average molecular weight is 426 g/mol. The smallest absolute Gasteiger partial charge is 0.355 e. The normalized spacial score (nSPS) is 15.2. The van der Waals surface area contributed by atoms with Crippen molar-refractivity contribution < 1.29 is 19.1 Å². The second-order valence-electron chi connectivity index (χ2n) is 6.37. The lowest BCUT2D eigenvalue weighted by Gasteiger charge is -2.28. The van der Waals surface area contributed by atoms with Crippen LogP contribution >= 0.6 is 11.6 Å². The van der Waals surface area contributed by atoms with Crippen molar-refractivity contribution in [3.8, 4) is 5.75 Å². The van der Waals surface area contributed by atoms with Crippen molar-refractivity contribution in [2.45, 2.75) is 6.04 Å². The Bertz CT molecular complexity index is 1160. The highest BCUT2D eigenvalue weighted by atomic mass is 35.5. The minimum atomic E-state index is -0.777. The summed E-state index contributed by atoms with van der Waals surface area (Å²) in [6.07, 6.45) is 0. The number of ether oxygens (including phenoxy) is 2. The minimum absolute atomic E-state index is 0.0347. The quantitative estimate of drug-likeness (QED) is 0.491. The van der Waals surface area contributed by atoms with Gasteiger partial charge in [0.25, 0.3) is 0 Å². The fourth-order valence-corrected chi connectivity index (χ4v) is 3.39. The van der Waals surface area contributed by atoms with Gasteiger partial charge in [0.15, 0.2) is 5.78 Å². The molecule has 0 amide bonds. The molecule has 0 unspecified atom stereocenters. The van der Waals surface area contributed by atoms with Gasteiger partial charge in [0.05, 0.1) is 19.8 Å². The van der Waals surface area contributed by atoms with Gasteiger partial charge in [-0.25, -0.2) is 4.79 Å². The molecular formula is C20H16ClN5O4. The van der Waals surface area contributed by atoms with Crippen molar-refractivity contribution in [3.63, 3.8) is 0 Å². The maximum atomic E-state index is 13.6. The molecule has 0 bridgehead atoms. The average Bonchev–Trinajstić information content (AvgIpc) is 3.26. The number of fused-ring (bicyclic) bond motifs is 1. The molecule has 10 heteroatoms. The molecule has 4 rings (SSSR count). The van der Waals surface area contributed by atoms with Gasteiger partial charge >= 0.3 is 5.97 Å². The number of Topliss-reactive ketones (excluding diaryl/α,β-unsaturated/α-hetero) is 1. The van der Waals surface area contributed by atoms with E-state index < -0.39 is 17.8 Å². The van der Waals surface area contributed by atoms with Crippen molar-refractivity contribution in [2.24, 2.45) is 0 Å². The van der Waals surface area contributed by atoms with Gasteiger partial charge < -0.3 is 14.8 Å². The van der Waals surface area contributed by atoms with Gasteiger partial charge in [0, 0.05) is 10.6 Å². The number of aromatic nitrogens is 4. The Labute approximate surface area is 176 Å². The zero-order valence-corrected chi connectivity index (χ0v) is 16.8. The molecule has 1 aliphatic rings. The highest BCUT2D eigenvalue weighted by Crippen LogP contribution is 2.37. The number of rotatable bonds is 5. The first-order chi connectivity index (χ1) is 14.5. The molecule has 2 heterocycles. The van der Waals surface area contributed by atoms with E-state index in [1.54, 1.807) is 48.5 Å². The Balaban J connectivity index is 1.94. The predicted molar refractivity (Wildman–Crippen MR) is 107 cm³/mol. The number of nitrogens with zero attached hydrogens (tertiary/aromatic N) is 4. The number of benzene rings is 2. The Hall–Kier alpha value is -3.72. The van der Waals surface area contributed by atoms with Crippen molar-refractivity contribution >= 4 is 29.3 Å². The monoisotopic (exact) mass is 425 g/mol.